The second-order valence-corrected chi connectivity index (χ2v) is 7.43. The van der Waals surface area contributed by atoms with E-state index in [9.17, 15) is 14.4 Å². The molecule has 1 aromatic rings. The van der Waals surface area contributed by atoms with Crippen molar-refractivity contribution < 1.29 is 14.4 Å². The van der Waals surface area contributed by atoms with Crippen molar-refractivity contribution in [3.8, 4) is 0 Å². The molecule has 7 heteroatoms. The van der Waals surface area contributed by atoms with Crippen LogP contribution in [-0.2, 0) is 9.59 Å². The molecule has 0 aliphatic carbocycles. The topological polar surface area (TPSA) is 69.7 Å². The van der Waals surface area contributed by atoms with Crippen molar-refractivity contribution in [1.29, 1.82) is 0 Å². The van der Waals surface area contributed by atoms with Gasteiger partial charge in [-0.15, -0.1) is 0 Å². The van der Waals surface area contributed by atoms with Crippen LogP contribution < -0.4 is 5.32 Å². The summed E-state index contributed by atoms with van der Waals surface area (Å²) < 4.78 is 0. The van der Waals surface area contributed by atoms with Gasteiger partial charge in [-0.2, -0.15) is 0 Å². The first kappa shape index (κ1) is 20.2. The van der Waals surface area contributed by atoms with Crippen LogP contribution in [0.1, 0.15) is 37.6 Å². The molecule has 142 valence electrons. The SMILES string of the molecule is CC(=O)N1CCN(C(=O)C(CC(C)C)NC(=O)c2ccc(Cl)cc2)CC1. The molecule has 1 fully saturated rings. The summed E-state index contributed by atoms with van der Waals surface area (Å²) in [5.74, 6) is -0.105. The van der Waals surface area contributed by atoms with Crippen molar-refractivity contribution in [2.24, 2.45) is 5.92 Å². The zero-order valence-electron chi connectivity index (χ0n) is 15.5. The van der Waals surface area contributed by atoms with E-state index in [4.69, 9.17) is 11.6 Å². The molecule has 1 aliphatic rings. The van der Waals surface area contributed by atoms with E-state index < -0.39 is 6.04 Å². The van der Waals surface area contributed by atoms with E-state index >= 15 is 0 Å². The van der Waals surface area contributed by atoms with E-state index in [2.05, 4.69) is 5.32 Å². The first-order valence-electron chi connectivity index (χ1n) is 8.88. The highest BCUT2D eigenvalue weighted by molar-refractivity contribution is 6.30. The van der Waals surface area contributed by atoms with Crippen molar-refractivity contribution in [3.05, 3.63) is 34.9 Å². The third kappa shape index (κ3) is 5.46. The maximum atomic E-state index is 12.9. The van der Waals surface area contributed by atoms with Crippen LogP contribution >= 0.6 is 11.6 Å². The molecule has 26 heavy (non-hydrogen) atoms. The highest BCUT2D eigenvalue weighted by Gasteiger charge is 2.29. The number of halogens is 1. The van der Waals surface area contributed by atoms with Gasteiger partial charge in [-0.05, 0) is 36.6 Å². The van der Waals surface area contributed by atoms with Gasteiger partial charge in [-0.25, -0.2) is 0 Å². The summed E-state index contributed by atoms with van der Waals surface area (Å²) in [7, 11) is 0. The molecule has 6 nitrogen and oxygen atoms in total. The number of carbonyl (C=O) groups excluding carboxylic acids is 3. The molecule has 0 saturated carbocycles. The summed E-state index contributed by atoms with van der Waals surface area (Å²) in [6, 6.07) is 6.00. The van der Waals surface area contributed by atoms with Crippen molar-refractivity contribution in [2.75, 3.05) is 26.2 Å². The number of nitrogens with zero attached hydrogens (tertiary/aromatic N) is 2. The highest BCUT2D eigenvalue weighted by Crippen LogP contribution is 2.13. The summed E-state index contributed by atoms with van der Waals surface area (Å²) in [6.45, 7) is 7.60. The van der Waals surface area contributed by atoms with Crippen LogP contribution in [0.3, 0.4) is 0 Å². The van der Waals surface area contributed by atoms with Crippen LogP contribution in [0.2, 0.25) is 5.02 Å². The monoisotopic (exact) mass is 379 g/mol. The fourth-order valence-corrected chi connectivity index (χ4v) is 3.12. The van der Waals surface area contributed by atoms with E-state index in [-0.39, 0.29) is 23.6 Å². The minimum absolute atomic E-state index is 0.0203. The number of benzene rings is 1. The second-order valence-electron chi connectivity index (χ2n) is 6.99. The van der Waals surface area contributed by atoms with Crippen LogP contribution in [0.25, 0.3) is 0 Å². The third-order valence-corrected chi connectivity index (χ3v) is 4.71. The fourth-order valence-electron chi connectivity index (χ4n) is 3.00. The molecule has 0 bridgehead atoms. The van der Waals surface area contributed by atoms with Gasteiger partial charge in [-0.1, -0.05) is 25.4 Å². The Morgan fingerprint density at radius 3 is 2.08 bits per heavy atom. The standard InChI is InChI=1S/C19H26ClN3O3/c1-13(2)12-17(21-18(25)15-4-6-16(20)7-5-15)19(26)23-10-8-22(9-11-23)14(3)24/h4-7,13,17H,8-12H2,1-3H3,(H,21,25). The van der Waals surface area contributed by atoms with Gasteiger partial charge in [0.05, 0.1) is 0 Å². The average Bonchev–Trinajstić information content (AvgIpc) is 2.60. The number of piperazine rings is 1. The molecule has 0 aromatic heterocycles. The lowest BCUT2D eigenvalue weighted by atomic mass is 10.0. The van der Waals surface area contributed by atoms with Crippen LogP contribution in [0, 0.1) is 5.92 Å². The first-order valence-corrected chi connectivity index (χ1v) is 9.26. The molecule has 1 unspecified atom stereocenters. The Morgan fingerprint density at radius 1 is 1.04 bits per heavy atom. The number of hydrogen-bond acceptors (Lipinski definition) is 3. The van der Waals surface area contributed by atoms with Gasteiger partial charge in [0.25, 0.3) is 5.91 Å². The quantitative estimate of drug-likeness (QED) is 0.852. The minimum atomic E-state index is -0.581. The van der Waals surface area contributed by atoms with Gasteiger partial charge in [0, 0.05) is 43.7 Å². The fraction of sp³-hybridized carbons (Fsp3) is 0.526. The number of hydrogen-bond donors (Lipinski definition) is 1. The van der Waals surface area contributed by atoms with Gasteiger partial charge in [-0.3, -0.25) is 14.4 Å². The zero-order valence-corrected chi connectivity index (χ0v) is 16.3. The normalized spacial score (nSPS) is 15.7. The van der Waals surface area contributed by atoms with Crippen molar-refractivity contribution in [2.45, 2.75) is 33.2 Å². The van der Waals surface area contributed by atoms with Crippen LogP contribution in [-0.4, -0.2) is 59.7 Å². The van der Waals surface area contributed by atoms with E-state index in [1.54, 1.807) is 34.1 Å². The van der Waals surface area contributed by atoms with E-state index in [0.717, 1.165) is 0 Å². The molecule has 1 N–H and O–H groups in total. The van der Waals surface area contributed by atoms with Crippen LogP contribution in [0.4, 0.5) is 0 Å². The minimum Gasteiger partial charge on any atom is -0.340 e. The molecular weight excluding hydrogens is 354 g/mol. The predicted molar refractivity (Wildman–Crippen MR) is 101 cm³/mol. The smallest absolute Gasteiger partial charge is 0.251 e. The molecule has 3 amide bonds. The number of nitrogens with one attached hydrogen (secondary N) is 1. The predicted octanol–water partition coefficient (Wildman–Crippen LogP) is 2.18. The lowest BCUT2D eigenvalue weighted by molar-refractivity contribution is -0.140. The second kappa shape index (κ2) is 9.03. The molecule has 1 saturated heterocycles. The summed E-state index contributed by atoms with van der Waals surface area (Å²) in [5.41, 5.74) is 0.470. The van der Waals surface area contributed by atoms with Crippen molar-refractivity contribution in [3.63, 3.8) is 0 Å². The van der Waals surface area contributed by atoms with E-state index in [0.29, 0.717) is 43.2 Å². The van der Waals surface area contributed by atoms with Gasteiger partial charge >= 0.3 is 0 Å². The molecule has 1 heterocycles. The van der Waals surface area contributed by atoms with Crippen LogP contribution in [0.15, 0.2) is 24.3 Å². The molecule has 1 aliphatic heterocycles. The molecule has 0 radical (unpaired) electrons. The Morgan fingerprint density at radius 2 is 1.58 bits per heavy atom. The molecule has 1 aromatic carbocycles. The Kier molecular flexibility index (Phi) is 7.03. The molecule has 1 atom stereocenters. The number of carbonyl (C=O) groups is 3. The molecule has 2 rings (SSSR count). The Hall–Kier alpha value is -2.08. The summed E-state index contributed by atoms with van der Waals surface area (Å²) in [4.78, 5) is 40.3. The summed E-state index contributed by atoms with van der Waals surface area (Å²) in [5, 5.41) is 3.42. The summed E-state index contributed by atoms with van der Waals surface area (Å²) in [6.07, 6.45) is 0.561. The van der Waals surface area contributed by atoms with Gasteiger partial charge in [0.15, 0.2) is 0 Å². The van der Waals surface area contributed by atoms with Gasteiger partial charge in [0.2, 0.25) is 11.8 Å². The number of rotatable bonds is 5. The maximum absolute atomic E-state index is 12.9. The number of amides is 3. The largest absolute Gasteiger partial charge is 0.340 e. The first-order chi connectivity index (χ1) is 12.3. The molecular formula is C19H26ClN3O3. The highest BCUT2D eigenvalue weighted by atomic mass is 35.5. The Labute approximate surface area is 159 Å². The average molecular weight is 380 g/mol. The van der Waals surface area contributed by atoms with Gasteiger partial charge < -0.3 is 15.1 Å². The third-order valence-electron chi connectivity index (χ3n) is 4.45. The van der Waals surface area contributed by atoms with E-state index in [1.165, 1.54) is 6.92 Å². The Bertz CT molecular complexity index is 652. The maximum Gasteiger partial charge on any atom is 0.251 e. The zero-order chi connectivity index (χ0) is 19.3. The summed E-state index contributed by atoms with van der Waals surface area (Å²) >= 11 is 5.86. The Balaban J connectivity index is 2.04. The van der Waals surface area contributed by atoms with Crippen LogP contribution in [0.5, 0.6) is 0 Å². The van der Waals surface area contributed by atoms with Crippen molar-refractivity contribution in [1.82, 2.24) is 15.1 Å². The lowest BCUT2D eigenvalue weighted by Crippen LogP contribution is -2.55. The van der Waals surface area contributed by atoms with E-state index in [1.807, 2.05) is 13.8 Å². The van der Waals surface area contributed by atoms with Crippen molar-refractivity contribution >= 4 is 29.3 Å². The van der Waals surface area contributed by atoms with Gasteiger partial charge in [0.1, 0.15) is 6.04 Å². The molecule has 0 spiro atoms. The lowest BCUT2D eigenvalue weighted by Gasteiger charge is -2.36.